The molecule has 0 bridgehead atoms. The number of anilines is 1. The fourth-order valence-corrected chi connectivity index (χ4v) is 2.61. The van der Waals surface area contributed by atoms with E-state index < -0.39 is 21.7 Å². The summed E-state index contributed by atoms with van der Waals surface area (Å²) >= 11 is 0. The lowest BCUT2D eigenvalue weighted by atomic mass is 10.1. The number of carbonyl (C=O) groups is 2. The molecule has 1 aliphatic heterocycles. The van der Waals surface area contributed by atoms with Gasteiger partial charge in [0.2, 0.25) is 0 Å². The third kappa shape index (κ3) is 2.83. The van der Waals surface area contributed by atoms with Crippen LogP contribution in [0.1, 0.15) is 26.3 Å². The molecule has 0 unspecified atom stereocenters. The van der Waals surface area contributed by atoms with Crippen molar-refractivity contribution >= 4 is 28.9 Å². The largest absolute Gasteiger partial charge is 0.367 e. The maximum Gasteiger partial charge on any atom is 0.271 e. The average Bonchev–Trinajstić information content (AvgIpc) is 2.84. The number of carbonyl (C=O) groups excluding carboxylic acids is 2. The zero-order valence-corrected chi connectivity index (χ0v) is 13.5. The summed E-state index contributed by atoms with van der Waals surface area (Å²) in [6.07, 6.45) is 0. The van der Waals surface area contributed by atoms with Gasteiger partial charge in [-0.3, -0.25) is 34.7 Å². The molecule has 2 aromatic carbocycles. The molecule has 132 valence electrons. The highest BCUT2D eigenvalue weighted by molar-refractivity contribution is 6.21. The minimum Gasteiger partial charge on any atom is -0.367 e. The quantitative estimate of drug-likeness (QED) is 0.494. The van der Waals surface area contributed by atoms with Gasteiger partial charge in [-0.15, -0.1) is 0 Å². The number of hydrogen-bond donors (Lipinski definition) is 1. The molecular weight excluding hydrogens is 344 g/mol. The first-order valence-corrected chi connectivity index (χ1v) is 7.43. The van der Waals surface area contributed by atoms with Crippen molar-refractivity contribution in [3.05, 3.63) is 73.3 Å². The molecule has 1 N–H and O–H groups in total. The molecule has 0 aliphatic carbocycles. The van der Waals surface area contributed by atoms with Crippen LogP contribution in [-0.4, -0.2) is 33.2 Å². The summed E-state index contributed by atoms with van der Waals surface area (Å²) in [5, 5.41) is 24.5. The minimum atomic E-state index is -0.663. The van der Waals surface area contributed by atoms with Crippen LogP contribution in [0.25, 0.3) is 0 Å². The molecular formula is C16H12N4O6. The number of imide groups is 1. The van der Waals surface area contributed by atoms with E-state index in [1.54, 1.807) is 13.0 Å². The lowest BCUT2D eigenvalue weighted by Gasteiger charge is -2.16. The molecule has 1 aliphatic rings. The summed E-state index contributed by atoms with van der Waals surface area (Å²) in [5.74, 6) is -1.25. The van der Waals surface area contributed by atoms with E-state index in [-0.39, 0.29) is 29.2 Å². The van der Waals surface area contributed by atoms with Gasteiger partial charge in [-0.2, -0.15) is 0 Å². The van der Waals surface area contributed by atoms with Gasteiger partial charge < -0.3 is 5.32 Å². The second-order valence-corrected chi connectivity index (χ2v) is 5.62. The van der Waals surface area contributed by atoms with Crippen molar-refractivity contribution in [1.82, 2.24) is 4.90 Å². The van der Waals surface area contributed by atoms with E-state index >= 15 is 0 Å². The van der Waals surface area contributed by atoms with Crippen LogP contribution in [0.3, 0.4) is 0 Å². The number of nitro groups is 2. The number of benzene rings is 2. The molecule has 10 heteroatoms. The first kappa shape index (κ1) is 17.0. The lowest BCUT2D eigenvalue weighted by molar-refractivity contribution is -0.385. The Morgan fingerprint density at radius 2 is 1.50 bits per heavy atom. The number of hydrogen-bond acceptors (Lipinski definition) is 7. The standard InChI is InChI=1S/C16H12N4O6/c1-9-2-3-11(20(25)26)7-14(9)17-8-18-15(21)12-5-4-10(19(23)24)6-13(12)16(18)22/h2-7,17H,8H2,1H3. The molecule has 26 heavy (non-hydrogen) atoms. The van der Waals surface area contributed by atoms with Gasteiger partial charge in [0.05, 0.1) is 27.6 Å². The Bertz CT molecular complexity index is 971. The molecule has 2 amide bonds. The van der Waals surface area contributed by atoms with Crippen molar-refractivity contribution in [2.24, 2.45) is 0 Å². The predicted molar refractivity (Wildman–Crippen MR) is 89.9 cm³/mol. The van der Waals surface area contributed by atoms with Crippen molar-refractivity contribution in [2.75, 3.05) is 12.0 Å². The number of amides is 2. The normalized spacial score (nSPS) is 12.9. The van der Waals surface area contributed by atoms with Crippen molar-refractivity contribution < 1.29 is 19.4 Å². The highest BCUT2D eigenvalue weighted by Crippen LogP contribution is 2.27. The highest BCUT2D eigenvalue weighted by Gasteiger charge is 2.36. The highest BCUT2D eigenvalue weighted by atomic mass is 16.6. The summed E-state index contributed by atoms with van der Waals surface area (Å²) < 4.78 is 0. The Morgan fingerprint density at radius 3 is 2.15 bits per heavy atom. The molecule has 0 saturated heterocycles. The van der Waals surface area contributed by atoms with E-state index in [4.69, 9.17) is 0 Å². The van der Waals surface area contributed by atoms with Crippen LogP contribution in [0.5, 0.6) is 0 Å². The summed E-state index contributed by atoms with van der Waals surface area (Å²) in [4.78, 5) is 46.2. The first-order chi connectivity index (χ1) is 12.3. The molecule has 3 rings (SSSR count). The van der Waals surface area contributed by atoms with Gasteiger partial charge in [0.25, 0.3) is 23.2 Å². The van der Waals surface area contributed by atoms with E-state index in [0.29, 0.717) is 11.3 Å². The average molecular weight is 356 g/mol. The van der Waals surface area contributed by atoms with Crippen molar-refractivity contribution in [3.8, 4) is 0 Å². The van der Waals surface area contributed by atoms with E-state index in [9.17, 15) is 29.8 Å². The molecule has 10 nitrogen and oxygen atoms in total. The number of aryl methyl sites for hydroxylation is 1. The third-order valence-electron chi connectivity index (χ3n) is 4.02. The van der Waals surface area contributed by atoms with Crippen molar-refractivity contribution in [2.45, 2.75) is 6.92 Å². The zero-order chi connectivity index (χ0) is 19.0. The molecule has 0 fully saturated rings. The second kappa shape index (κ2) is 6.24. The fourth-order valence-electron chi connectivity index (χ4n) is 2.61. The topological polar surface area (TPSA) is 136 Å². The van der Waals surface area contributed by atoms with E-state index in [2.05, 4.69) is 5.32 Å². The monoisotopic (exact) mass is 356 g/mol. The van der Waals surface area contributed by atoms with Crippen LogP contribution in [-0.2, 0) is 0 Å². The molecule has 2 aromatic rings. The Kier molecular flexibility index (Phi) is 4.08. The molecule has 0 atom stereocenters. The number of fused-ring (bicyclic) bond motifs is 1. The van der Waals surface area contributed by atoms with Crippen LogP contribution in [0.2, 0.25) is 0 Å². The maximum absolute atomic E-state index is 12.4. The zero-order valence-electron chi connectivity index (χ0n) is 13.5. The van der Waals surface area contributed by atoms with Crippen LogP contribution in [0, 0.1) is 27.2 Å². The Labute approximate surface area is 146 Å². The van der Waals surface area contributed by atoms with Gasteiger partial charge in [-0.05, 0) is 18.6 Å². The van der Waals surface area contributed by atoms with Crippen LogP contribution >= 0.6 is 0 Å². The number of nitrogens with zero attached hydrogens (tertiary/aromatic N) is 3. The number of nitro benzene ring substituents is 2. The van der Waals surface area contributed by atoms with E-state index in [1.165, 1.54) is 18.2 Å². The first-order valence-electron chi connectivity index (χ1n) is 7.43. The van der Waals surface area contributed by atoms with Gasteiger partial charge >= 0.3 is 0 Å². The van der Waals surface area contributed by atoms with Crippen LogP contribution < -0.4 is 5.32 Å². The van der Waals surface area contributed by atoms with Gasteiger partial charge in [-0.1, -0.05) is 6.07 Å². The maximum atomic E-state index is 12.4. The fraction of sp³-hybridized carbons (Fsp3) is 0.125. The van der Waals surface area contributed by atoms with Crippen LogP contribution in [0.4, 0.5) is 17.1 Å². The van der Waals surface area contributed by atoms with Gasteiger partial charge in [0.1, 0.15) is 0 Å². The van der Waals surface area contributed by atoms with Gasteiger partial charge in [0, 0.05) is 30.0 Å². The number of nitrogens with one attached hydrogen (secondary N) is 1. The molecule has 0 radical (unpaired) electrons. The Morgan fingerprint density at radius 1 is 0.923 bits per heavy atom. The smallest absolute Gasteiger partial charge is 0.271 e. The predicted octanol–water partition coefficient (Wildman–Crippen LogP) is 2.48. The lowest BCUT2D eigenvalue weighted by Crippen LogP contribution is -2.34. The SMILES string of the molecule is Cc1ccc([N+](=O)[O-])cc1NCN1C(=O)c2ccc([N+](=O)[O-])cc2C1=O. The number of non-ortho nitro benzene ring substituents is 2. The van der Waals surface area contributed by atoms with E-state index in [1.807, 2.05) is 0 Å². The van der Waals surface area contributed by atoms with Crippen molar-refractivity contribution in [1.29, 1.82) is 0 Å². The molecule has 0 saturated carbocycles. The second-order valence-electron chi connectivity index (χ2n) is 5.62. The molecule has 1 heterocycles. The van der Waals surface area contributed by atoms with E-state index in [0.717, 1.165) is 17.0 Å². The molecule has 0 spiro atoms. The summed E-state index contributed by atoms with van der Waals surface area (Å²) in [6.45, 7) is 1.50. The Hall–Kier alpha value is -3.82. The Balaban J connectivity index is 1.83. The third-order valence-corrected chi connectivity index (χ3v) is 4.02. The summed E-state index contributed by atoms with van der Waals surface area (Å²) in [5.41, 5.74) is 0.731. The summed E-state index contributed by atoms with van der Waals surface area (Å²) in [6, 6.07) is 7.67. The van der Waals surface area contributed by atoms with Gasteiger partial charge in [0.15, 0.2) is 0 Å². The van der Waals surface area contributed by atoms with Crippen molar-refractivity contribution in [3.63, 3.8) is 0 Å². The van der Waals surface area contributed by atoms with Crippen LogP contribution in [0.15, 0.2) is 36.4 Å². The van der Waals surface area contributed by atoms with Gasteiger partial charge in [-0.25, -0.2) is 0 Å². The summed E-state index contributed by atoms with van der Waals surface area (Å²) in [7, 11) is 0. The number of rotatable bonds is 5. The minimum absolute atomic E-state index is 0.0400. The molecule has 0 aromatic heterocycles.